The molecule has 2 aromatic carbocycles. The summed E-state index contributed by atoms with van der Waals surface area (Å²) in [6, 6.07) is 11.3. The summed E-state index contributed by atoms with van der Waals surface area (Å²) in [5, 5.41) is 30.0. The highest BCUT2D eigenvalue weighted by atomic mass is 16.5. The summed E-state index contributed by atoms with van der Waals surface area (Å²) in [4.78, 5) is 57.8. The first-order valence-electron chi connectivity index (χ1n) is 12.5. The summed E-state index contributed by atoms with van der Waals surface area (Å²) < 4.78 is 10.9. The number of nitrogens with two attached hydrogens (primary N) is 1. The van der Waals surface area contributed by atoms with Gasteiger partial charge < -0.3 is 36.1 Å². The van der Waals surface area contributed by atoms with Crippen LogP contribution in [0.4, 0.5) is 0 Å². The van der Waals surface area contributed by atoms with Crippen molar-refractivity contribution in [2.75, 3.05) is 13.2 Å². The summed E-state index contributed by atoms with van der Waals surface area (Å²) >= 11 is 0. The molecule has 0 spiro atoms. The van der Waals surface area contributed by atoms with Crippen LogP contribution in [-0.2, 0) is 19.2 Å². The Balaban J connectivity index is 1.61. The van der Waals surface area contributed by atoms with Crippen LogP contribution in [0, 0.1) is 5.41 Å². The molecule has 0 saturated carbocycles. The molecule has 1 atom stereocenters. The number of carboxylic acids is 2. The fourth-order valence-electron chi connectivity index (χ4n) is 3.34. The molecule has 7 N–H and O–H groups in total. The number of carbonyl (C=O) groups excluding carboxylic acids is 3. The Labute approximate surface area is 230 Å². The van der Waals surface area contributed by atoms with Gasteiger partial charge in [0.1, 0.15) is 23.4 Å². The monoisotopic (exact) mass is 556 g/mol. The van der Waals surface area contributed by atoms with E-state index in [-0.39, 0.29) is 43.8 Å². The lowest BCUT2D eigenvalue weighted by atomic mass is 10.1. The summed E-state index contributed by atoms with van der Waals surface area (Å²) in [7, 11) is 0. The molecule has 0 aliphatic heterocycles. The van der Waals surface area contributed by atoms with Crippen LogP contribution in [-0.4, -0.2) is 65.0 Å². The zero-order valence-corrected chi connectivity index (χ0v) is 21.7. The van der Waals surface area contributed by atoms with Crippen molar-refractivity contribution in [3.8, 4) is 11.5 Å². The number of nitrogen functional groups attached to an aromatic ring is 1. The molecule has 0 heterocycles. The van der Waals surface area contributed by atoms with Gasteiger partial charge in [-0.15, -0.1) is 0 Å². The summed E-state index contributed by atoms with van der Waals surface area (Å²) in [6.07, 6.45) is 0.106. The van der Waals surface area contributed by atoms with Gasteiger partial charge in [-0.2, -0.15) is 0 Å². The van der Waals surface area contributed by atoms with Crippen LogP contribution in [0.25, 0.3) is 0 Å². The minimum Gasteiger partial charge on any atom is -0.494 e. The van der Waals surface area contributed by atoms with Crippen LogP contribution in [0.2, 0.25) is 0 Å². The van der Waals surface area contributed by atoms with Crippen molar-refractivity contribution in [2.45, 2.75) is 44.6 Å². The van der Waals surface area contributed by atoms with Crippen molar-refractivity contribution >= 4 is 35.6 Å². The standard InChI is InChI=1S/C27H32N4O9/c28-25(29)17-5-11-20(12-6-17)40-27(38)18-7-9-19(10-8-18)39-16-2-15-30-22(32)3-1-4-23(33)31-21(26(36)37)13-14-24(34)35/h5-12,21H,1-4,13-16H2,(H3,28,29)(H,30,32)(H,31,33)(H,34,35)(H,36,37). The fraction of sp³-hybridized carbons (Fsp3) is 0.333. The van der Waals surface area contributed by atoms with E-state index in [0.717, 1.165) is 0 Å². The number of carboxylic acid groups (broad SMARTS) is 2. The molecule has 13 nitrogen and oxygen atoms in total. The maximum Gasteiger partial charge on any atom is 0.343 e. The van der Waals surface area contributed by atoms with E-state index in [2.05, 4.69) is 10.6 Å². The van der Waals surface area contributed by atoms with Gasteiger partial charge in [-0.3, -0.25) is 19.8 Å². The molecule has 1 unspecified atom stereocenters. The molecular formula is C27H32N4O9. The van der Waals surface area contributed by atoms with Crippen LogP contribution in [0.15, 0.2) is 48.5 Å². The van der Waals surface area contributed by atoms with E-state index in [1.807, 2.05) is 0 Å². The first kappa shape index (κ1) is 31.3. The van der Waals surface area contributed by atoms with Crippen LogP contribution in [0.3, 0.4) is 0 Å². The zero-order valence-electron chi connectivity index (χ0n) is 21.7. The molecular weight excluding hydrogens is 524 g/mol. The molecule has 0 aliphatic rings. The number of nitrogens with one attached hydrogen (secondary N) is 3. The van der Waals surface area contributed by atoms with Crippen molar-refractivity contribution in [3.05, 3.63) is 59.7 Å². The van der Waals surface area contributed by atoms with Gasteiger partial charge >= 0.3 is 17.9 Å². The predicted octanol–water partition coefficient (Wildman–Crippen LogP) is 1.68. The third kappa shape index (κ3) is 11.6. The number of esters is 1. The zero-order chi connectivity index (χ0) is 29.5. The van der Waals surface area contributed by atoms with E-state index in [1.54, 1.807) is 48.5 Å². The number of benzene rings is 2. The van der Waals surface area contributed by atoms with Gasteiger partial charge in [-0.1, -0.05) is 0 Å². The molecule has 2 amide bonds. The quantitative estimate of drug-likeness (QED) is 0.0544. The molecule has 0 fully saturated rings. The van der Waals surface area contributed by atoms with Gasteiger partial charge in [0.2, 0.25) is 11.8 Å². The normalized spacial score (nSPS) is 11.1. The SMILES string of the molecule is N=C(N)c1ccc(OC(=O)c2ccc(OCCCNC(=O)CCCC(=O)NC(CCC(=O)O)C(=O)O)cc2)cc1. The van der Waals surface area contributed by atoms with Gasteiger partial charge in [0.05, 0.1) is 12.2 Å². The second-order valence-electron chi connectivity index (χ2n) is 8.65. The van der Waals surface area contributed by atoms with E-state index < -0.39 is 29.9 Å². The number of amides is 2. The average molecular weight is 557 g/mol. The van der Waals surface area contributed by atoms with Crippen molar-refractivity contribution < 1.29 is 43.7 Å². The van der Waals surface area contributed by atoms with E-state index in [0.29, 0.717) is 42.2 Å². The number of ether oxygens (including phenoxy) is 2. The Kier molecular flexibility index (Phi) is 12.6. The molecule has 0 saturated heterocycles. The van der Waals surface area contributed by atoms with Crippen LogP contribution < -0.4 is 25.8 Å². The number of amidine groups is 1. The highest BCUT2D eigenvalue weighted by Crippen LogP contribution is 2.17. The first-order chi connectivity index (χ1) is 19.0. The second-order valence-corrected chi connectivity index (χ2v) is 8.65. The van der Waals surface area contributed by atoms with Gasteiger partial charge in [0.25, 0.3) is 0 Å². The summed E-state index contributed by atoms with van der Waals surface area (Å²) in [5.74, 6) is -3.10. The minimum atomic E-state index is -1.32. The number of rotatable bonds is 17. The topological polar surface area (TPSA) is 218 Å². The fourth-order valence-corrected chi connectivity index (χ4v) is 3.34. The van der Waals surface area contributed by atoms with Crippen molar-refractivity contribution in [1.82, 2.24) is 10.6 Å². The van der Waals surface area contributed by atoms with Crippen LogP contribution in [0.1, 0.15) is 54.4 Å². The first-order valence-corrected chi connectivity index (χ1v) is 12.5. The third-order valence-electron chi connectivity index (χ3n) is 5.47. The molecule has 0 radical (unpaired) electrons. The average Bonchev–Trinajstić information content (AvgIpc) is 2.91. The molecule has 40 heavy (non-hydrogen) atoms. The van der Waals surface area contributed by atoms with E-state index in [4.69, 9.17) is 30.8 Å². The maximum atomic E-state index is 12.3. The van der Waals surface area contributed by atoms with E-state index in [1.165, 1.54) is 0 Å². The largest absolute Gasteiger partial charge is 0.494 e. The lowest BCUT2D eigenvalue weighted by Crippen LogP contribution is -2.41. The van der Waals surface area contributed by atoms with Gasteiger partial charge in [-0.05, 0) is 67.8 Å². The van der Waals surface area contributed by atoms with Crippen molar-refractivity contribution in [2.24, 2.45) is 5.73 Å². The number of carbonyl (C=O) groups is 5. The Morgan fingerprint density at radius 3 is 2.02 bits per heavy atom. The molecule has 13 heteroatoms. The van der Waals surface area contributed by atoms with Crippen LogP contribution >= 0.6 is 0 Å². The predicted molar refractivity (Wildman–Crippen MR) is 142 cm³/mol. The number of hydrogen-bond acceptors (Lipinski definition) is 8. The maximum absolute atomic E-state index is 12.3. The highest BCUT2D eigenvalue weighted by molar-refractivity contribution is 5.95. The smallest absolute Gasteiger partial charge is 0.343 e. The number of hydrogen-bond donors (Lipinski definition) is 6. The Morgan fingerprint density at radius 1 is 0.825 bits per heavy atom. The highest BCUT2D eigenvalue weighted by Gasteiger charge is 2.20. The Morgan fingerprint density at radius 2 is 1.43 bits per heavy atom. The molecule has 0 aliphatic carbocycles. The lowest BCUT2D eigenvalue weighted by molar-refractivity contribution is -0.143. The summed E-state index contributed by atoms with van der Waals surface area (Å²) in [5.41, 5.74) is 6.24. The van der Waals surface area contributed by atoms with Gasteiger partial charge in [0.15, 0.2) is 0 Å². The van der Waals surface area contributed by atoms with Crippen LogP contribution in [0.5, 0.6) is 11.5 Å². The Bertz CT molecular complexity index is 1200. The summed E-state index contributed by atoms with van der Waals surface area (Å²) in [6.45, 7) is 0.649. The number of aliphatic carboxylic acids is 2. The van der Waals surface area contributed by atoms with Gasteiger partial charge in [0, 0.05) is 31.4 Å². The van der Waals surface area contributed by atoms with E-state index >= 15 is 0 Å². The molecule has 214 valence electrons. The molecule has 2 aromatic rings. The third-order valence-corrected chi connectivity index (χ3v) is 5.47. The molecule has 2 rings (SSSR count). The van der Waals surface area contributed by atoms with E-state index in [9.17, 15) is 24.0 Å². The molecule has 0 aromatic heterocycles. The second kappa shape index (κ2) is 16.1. The Hall–Kier alpha value is -4.94. The lowest BCUT2D eigenvalue weighted by Gasteiger charge is -2.13. The van der Waals surface area contributed by atoms with Crippen molar-refractivity contribution in [3.63, 3.8) is 0 Å². The van der Waals surface area contributed by atoms with Gasteiger partial charge in [-0.25, -0.2) is 9.59 Å². The minimum absolute atomic E-state index is 0.0664. The van der Waals surface area contributed by atoms with Crippen molar-refractivity contribution in [1.29, 1.82) is 5.41 Å². The molecule has 0 bridgehead atoms.